The fraction of sp³-hybridized carbons (Fsp3) is 0.333. The minimum Gasteiger partial charge on any atom is -0.497 e. The molecule has 0 radical (unpaired) electrons. The Balaban J connectivity index is 2.80. The fourth-order valence-corrected chi connectivity index (χ4v) is 1.16. The van der Waals surface area contributed by atoms with Crippen molar-refractivity contribution in [3.63, 3.8) is 0 Å². The molecule has 0 aliphatic heterocycles. The van der Waals surface area contributed by atoms with Gasteiger partial charge < -0.3 is 15.2 Å². The molecule has 2 N–H and O–H groups in total. The third kappa shape index (κ3) is 3.48. The Morgan fingerprint density at radius 2 is 2.24 bits per heavy atom. The van der Waals surface area contributed by atoms with E-state index < -0.39 is 11.8 Å². The first-order valence-corrected chi connectivity index (χ1v) is 5.13. The predicted molar refractivity (Wildman–Crippen MR) is 62.2 cm³/mol. The van der Waals surface area contributed by atoms with E-state index in [-0.39, 0.29) is 6.61 Å². The van der Waals surface area contributed by atoms with Crippen LogP contribution in [0.15, 0.2) is 18.2 Å². The molecule has 92 valence electrons. The van der Waals surface area contributed by atoms with Crippen molar-refractivity contribution in [1.29, 1.82) is 0 Å². The molecule has 1 aromatic rings. The zero-order valence-corrected chi connectivity index (χ0v) is 9.80. The fourth-order valence-electron chi connectivity index (χ4n) is 1.16. The zero-order chi connectivity index (χ0) is 12.8. The van der Waals surface area contributed by atoms with Crippen LogP contribution in [0, 0.1) is 5.92 Å². The van der Waals surface area contributed by atoms with Crippen molar-refractivity contribution in [1.82, 2.24) is 0 Å². The van der Waals surface area contributed by atoms with Crippen molar-refractivity contribution >= 4 is 12.2 Å². The molecule has 0 heterocycles. The van der Waals surface area contributed by atoms with Crippen LogP contribution in [0.25, 0.3) is 0 Å². The molecule has 1 amide bonds. The lowest BCUT2D eigenvalue weighted by molar-refractivity contribution is -0.122. The number of methoxy groups -OCH3 is 1. The maximum Gasteiger partial charge on any atom is 0.223 e. The summed E-state index contributed by atoms with van der Waals surface area (Å²) in [4.78, 5) is 21.6. The largest absolute Gasteiger partial charge is 0.497 e. The highest BCUT2D eigenvalue weighted by Crippen LogP contribution is 2.23. The molecule has 1 atom stereocenters. The monoisotopic (exact) mass is 237 g/mol. The first-order chi connectivity index (χ1) is 8.08. The number of nitrogens with two attached hydrogens (primary N) is 1. The lowest BCUT2D eigenvalue weighted by atomic mass is 10.2. The molecule has 0 aliphatic carbocycles. The Kier molecular flexibility index (Phi) is 4.51. The Bertz CT molecular complexity index is 417. The highest BCUT2D eigenvalue weighted by Gasteiger charge is 2.11. The molecule has 1 unspecified atom stereocenters. The van der Waals surface area contributed by atoms with E-state index in [9.17, 15) is 9.59 Å². The molecule has 0 bridgehead atoms. The number of hydrogen-bond donors (Lipinski definition) is 1. The van der Waals surface area contributed by atoms with Crippen molar-refractivity contribution in [3.8, 4) is 11.5 Å². The number of benzene rings is 1. The molecule has 0 aliphatic rings. The van der Waals surface area contributed by atoms with Crippen molar-refractivity contribution < 1.29 is 19.1 Å². The van der Waals surface area contributed by atoms with Crippen molar-refractivity contribution in [3.05, 3.63) is 23.8 Å². The van der Waals surface area contributed by atoms with E-state index in [1.54, 1.807) is 25.1 Å². The smallest absolute Gasteiger partial charge is 0.223 e. The molecule has 0 spiro atoms. The van der Waals surface area contributed by atoms with Crippen LogP contribution in [0.5, 0.6) is 11.5 Å². The van der Waals surface area contributed by atoms with Crippen LogP contribution < -0.4 is 15.2 Å². The van der Waals surface area contributed by atoms with E-state index in [1.807, 2.05) is 0 Å². The molecule has 0 saturated heterocycles. The molecular weight excluding hydrogens is 222 g/mol. The van der Waals surface area contributed by atoms with E-state index in [1.165, 1.54) is 7.11 Å². The summed E-state index contributed by atoms with van der Waals surface area (Å²) < 4.78 is 10.4. The van der Waals surface area contributed by atoms with Crippen LogP contribution in [0.2, 0.25) is 0 Å². The summed E-state index contributed by atoms with van der Waals surface area (Å²) >= 11 is 0. The number of amides is 1. The quantitative estimate of drug-likeness (QED) is 0.749. The highest BCUT2D eigenvalue weighted by molar-refractivity contribution is 5.80. The number of carbonyl (C=O) groups is 2. The van der Waals surface area contributed by atoms with Crippen molar-refractivity contribution in [2.75, 3.05) is 13.7 Å². The van der Waals surface area contributed by atoms with Gasteiger partial charge in [0.2, 0.25) is 5.91 Å². The van der Waals surface area contributed by atoms with Gasteiger partial charge in [0.05, 0.1) is 25.2 Å². The van der Waals surface area contributed by atoms with Gasteiger partial charge in [-0.25, -0.2) is 0 Å². The molecule has 1 aromatic carbocycles. The number of aldehydes is 1. The Morgan fingerprint density at radius 3 is 2.76 bits per heavy atom. The molecule has 5 nitrogen and oxygen atoms in total. The average molecular weight is 237 g/mol. The summed E-state index contributed by atoms with van der Waals surface area (Å²) in [6.07, 6.45) is 0.684. The average Bonchev–Trinajstić information content (AvgIpc) is 2.35. The van der Waals surface area contributed by atoms with Gasteiger partial charge in [-0.15, -0.1) is 0 Å². The van der Waals surface area contributed by atoms with Gasteiger partial charge in [-0.1, -0.05) is 6.92 Å². The third-order valence-corrected chi connectivity index (χ3v) is 2.32. The highest BCUT2D eigenvalue weighted by atomic mass is 16.5. The number of carbonyl (C=O) groups excluding carboxylic acids is 2. The van der Waals surface area contributed by atoms with E-state index in [0.29, 0.717) is 23.3 Å². The summed E-state index contributed by atoms with van der Waals surface area (Å²) in [6, 6.07) is 4.85. The Hall–Kier alpha value is -2.04. The lowest BCUT2D eigenvalue weighted by Gasteiger charge is -2.12. The first kappa shape index (κ1) is 13.0. The van der Waals surface area contributed by atoms with E-state index in [0.717, 1.165) is 0 Å². The summed E-state index contributed by atoms with van der Waals surface area (Å²) in [5.74, 6) is 0.103. The second-order valence-electron chi connectivity index (χ2n) is 3.64. The SMILES string of the molecule is COc1ccc(C=O)c(OCC(C)C(N)=O)c1. The number of rotatable bonds is 6. The van der Waals surface area contributed by atoms with E-state index >= 15 is 0 Å². The molecule has 0 saturated carbocycles. The minimum absolute atomic E-state index is 0.128. The maximum atomic E-state index is 10.8. The van der Waals surface area contributed by atoms with Crippen LogP contribution in [0.4, 0.5) is 0 Å². The Morgan fingerprint density at radius 1 is 1.53 bits per heavy atom. The van der Waals surface area contributed by atoms with Crippen LogP contribution in [0.1, 0.15) is 17.3 Å². The van der Waals surface area contributed by atoms with Crippen LogP contribution >= 0.6 is 0 Å². The number of primary amides is 1. The van der Waals surface area contributed by atoms with E-state index in [4.69, 9.17) is 15.2 Å². The summed E-state index contributed by atoms with van der Waals surface area (Å²) in [5.41, 5.74) is 5.52. The molecule has 17 heavy (non-hydrogen) atoms. The van der Waals surface area contributed by atoms with E-state index in [2.05, 4.69) is 0 Å². The molecule has 1 rings (SSSR count). The van der Waals surface area contributed by atoms with Crippen LogP contribution in [0.3, 0.4) is 0 Å². The minimum atomic E-state index is -0.444. The summed E-state index contributed by atoms with van der Waals surface area (Å²) in [5, 5.41) is 0. The molecular formula is C12H15NO4. The van der Waals surface area contributed by atoms with Gasteiger partial charge in [0.1, 0.15) is 11.5 Å². The standard InChI is InChI=1S/C12H15NO4/c1-8(12(13)15)7-17-11-5-10(16-2)4-3-9(11)6-14/h3-6,8H,7H2,1-2H3,(H2,13,15). The molecule has 0 aromatic heterocycles. The lowest BCUT2D eigenvalue weighted by Crippen LogP contribution is -2.25. The second-order valence-corrected chi connectivity index (χ2v) is 3.64. The maximum absolute atomic E-state index is 10.8. The zero-order valence-electron chi connectivity index (χ0n) is 9.80. The van der Waals surface area contributed by atoms with Gasteiger partial charge in [0, 0.05) is 6.07 Å². The van der Waals surface area contributed by atoms with Gasteiger partial charge in [-0.3, -0.25) is 9.59 Å². The first-order valence-electron chi connectivity index (χ1n) is 5.13. The number of ether oxygens (including phenoxy) is 2. The molecule has 0 fully saturated rings. The summed E-state index contributed by atoms with van der Waals surface area (Å²) in [7, 11) is 1.52. The Labute approximate surface area is 99.5 Å². The molecule has 5 heteroatoms. The number of hydrogen-bond acceptors (Lipinski definition) is 4. The predicted octanol–water partition coefficient (Wildman–Crippen LogP) is 1.01. The van der Waals surface area contributed by atoms with Crippen LogP contribution in [-0.2, 0) is 4.79 Å². The normalized spacial score (nSPS) is 11.6. The van der Waals surface area contributed by atoms with Gasteiger partial charge in [0.25, 0.3) is 0 Å². The summed E-state index contributed by atoms with van der Waals surface area (Å²) in [6.45, 7) is 1.78. The van der Waals surface area contributed by atoms with Crippen molar-refractivity contribution in [2.24, 2.45) is 11.7 Å². The third-order valence-electron chi connectivity index (χ3n) is 2.32. The van der Waals surface area contributed by atoms with Crippen LogP contribution in [-0.4, -0.2) is 25.9 Å². The van der Waals surface area contributed by atoms with Gasteiger partial charge >= 0.3 is 0 Å². The van der Waals surface area contributed by atoms with Gasteiger partial charge in [-0.2, -0.15) is 0 Å². The van der Waals surface area contributed by atoms with Gasteiger partial charge in [-0.05, 0) is 12.1 Å². The van der Waals surface area contributed by atoms with Gasteiger partial charge in [0.15, 0.2) is 6.29 Å². The topological polar surface area (TPSA) is 78.6 Å². The van der Waals surface area contributed by atoms with Crippen molar-refractivity contribution in [2.45, 2.75) is 6.92 Å². The second kappa shape index (κ2) is 5.89.